The van der Waals surface area contributed by atoms with Gasteiger partial charge in [0.15, 0.2) is 0 Å². The number of nitrogens with one attached hydrogen (secondary N) is 1. The number of aliphatic hydroxyl groups is 1. The lowest BCUT2D eigenvalue weighted by Gasteiger charge is -2.39. The highest BCUT2D eigenvalue weighted by molar-refractivity contribution is 7.89. The molecule has 5 rings (SSSR count). The Morgan fingerprint density at radius 2 is 1.84 bits per heavy atom. The molecule has 0 spiro atoms. The second kappa shape index (κ2) is 7.99. The topological polar surface area (TPSA) is 69.6 Å². The smallest absolute Gasteiger partial charge is 0.243 e. The number of hydrogen-bond donors (Lipinski definition) is 2. The number of rotatable bonds is 4. The molecule has 0 saturated carbocycles. The zero-order valence-corrected chi connectivity index (χ0v) is 18.5. The van der Waals surface area contributed by atoms with E-state index < -0.39 is 16.1 Å². The quantitative estimate of drug-likeness (QED) is 0.618. The molecule has 0 radical (unpaired) electrons. The highest BCUT2D eigenvalue weighted by Crippen LogP contribution is 2.49. The Morgan fingerprint density at radius 3 is 2.56 bits per heavy atom. The summed E-state index contributed by atoms with van der Waals surface area (Å²) in [7, 11) is -3.74. The number of aryl methyl sites for hydroxylation is 1. The van der Waals surface area contributed by atoms with E-state index in [1.54, 1.807) is 46.8 Å². The van der Waals surface area contributed by atoms with Crippen LogP contribution in [0.4, 0.5) is 10.1 Å². The molecule has 2 heterocycles. The Hall–Kier alpha value is -2.74. The molecule has 2 N–H and O–H groups in total. The third-order valence-corrected chi connectivity index (χ3v) is 8.53. The molecule has 1 saturated heterocycles. The van der Waals surface area contributed by atoms with Gasteiger partial charge in [-0.1, -0.05) is 42.0 Å². The number of fused-ring (bicyclic) bond motifs is 3. The fourth-order valence-corrected chi connectivity index (χ4v) is 6.66. The van der Waals surface area contributed by atoms with Crippen LogP contribution in [0.2, 0.25) is 0 Å². The summed E-state index contributed by atoms with van der Waals surface area (Å²) in [6.45, 7) is 2.20. The van der Waals surface area contributed by atoms with Gasteiger partial charge in [-0.2, -0.15) is 4.31 Å². The molecule has 3 aromatic carbocycles. The van der Waals surface area contributed by atoms with Crippen molar-refractivity contribution in [1.29, 1.82) is 0 Å². The molecule has 3 atom stereocenters. The number of aliphatic hydroxyl groups excluding tert-OH is 1. The SMILES string of the molecule is Cc1ccc(S(=O)(=O)N2CC[C@@H]3[C@@H](CO)Nc4ccc(-c5ccccc5F)cc4[C@@H]32)cc1. The molecule has 3 aromatic rings. The number of hydrogen-bond acceptors (Lipinski definition) is 4. The number of sulfonamides is 1. The molecule has 0 aromatic heterocycles. The van der Waals surface area contributed by atoms with Crippen molar-refractivity contribution in [1.82, 2.24) is 4.31 Å². The van der Waals surface area contributed by atoms with Gasteiger partial charge in [0.05, 0.1) is 23.6 Å². The van der Waals surface area contributed by atoms with E-state index >= 15 is 0 Å². The first-order chi connectivity index (χ1) is 15.4. The van der Waals surface area contributed by atoms with Crippen molar-refractivity contribution in [3.8, 4) is 11.1 Å². The standard InChI is InChI=1S/C25H25FN2O3S/c1-16-6-9-18(10-7-16)32(30,31)28-13-12-20-24(15-29)27-23-11-8-17(14-21(23)25(20)28)19-4-2-3-5-22(19)26/h2-11,14,20,24-25,27,29H,12-13,15H2,1H3/t20-,24-,25-/m1/s1. The van der Waals surface area contributed by atoms with Gasteiger partial charge in [0, 0.05) is 23.7 Å². The van der Waals surface area contributed by atoms with Gasteiger partial charge in [-0.3, -0.25) is 0 Å². The minimum atomic E-state index is -3.74. The van der Waals surface area contributed by atoms with Gasteiger partial charge in [-0.25, -0.2) is 12.8 Å². The molecule has 32 heavy (non-hydrogen) atoms. The minimum Gasteiger partial charge on any atom is -0.394 e. The Bertz CT molecular complexity index is 1260. The van der Waals surface area contributed by atoms with Crippen molar-refractivity contribution >= 4 is 15.7 Å². The van der Waals surface area contributed by atoms with Crippen LogP contribution in [0.15, 0.2) is 71.6 Å². The Balaban J connectivity index is 1.62. The minimum absolute atomic E-state index is 0.0800. The fourth-order valence-electron chi connectivity index (χ4n) is 5.00. The van der Waals surface area contributed by atoms with E-state index in [1.807, 2.05) is 25.1 Å². The van der Waals surface area contributed by atoms with Gasteiger partial charge in [0.25, 0.3) is 0 Å². The molecule has 0 bridgehead atoms. The predicted molar refractivity (Wildman–Crippen MR) is 122 cm³/mol. The summed E-state index contributed by atoms with van der Waals surface area (Å²) in [6, 6.07) is 18.3. The third-order valence-electron chi connectivity index (χ3n) is 6.64. The van der Waals surface area contributed by atoms with Crippen molar-refractivity contribution in [2.75, 3.05) is 18.5 Å². The average Bonchev–Trinajstić information content (AvgIpc) is 3.25. The molecule has 5 nitrogen and oxygen atoms in total. The molecular weight excluding hydrogens is 427 g/mol. The van der Waals surface area contributed by atoms with Gasteiger partial charge in [-0.15, -0.1) is 0 Å². The van der Waals surface area contributed by atoms with E-state index in [0.717, 1.165) is 16.8 Å². The fraction of sp³-hybridized carbons (Fsp3) is 0.280. The summed E-state index contributed by atoms with van der Waals surface area (Å²) >= 11 is 0. The van der Waals surface area contributed by atoms with Crippen LogP contribution < -0.4 is 5.32 Å². The first-order valence-electron chi connectivity index (χ1n) is 10.7. The third kappa shape index (κ3) is 3.41. The first kappa shape index (κ1) is 21.1. The van der Waals surface area contributed by atoms with E-state index in [1.165, 1.54) is 6.07 Å². The van der Waals surface area contributed by atoms with Gasteiger partial charge in [0.2, 0.25) is 10.0 Å². The van der Waals surface area contributed by atoms with Crippen molar-refractivity contribution in [2.24, 2.45) is 5.92 Å². The van der Waals surface area contributed by atoms with E-state index in [0.29, 0.717) is 24.1 Å². The van der Waals surface area contributed by atoms with Crippen LogP contribution in [0, 0.1) is 18.7 Å². The molecular formula is C25H25FN2O3S. The van der Waals surface area contributed by atoms with Crippen molar-refractivity contribution in [3.05, 3.63) is 83.7 Å². The largest absolute Gasteiger partial charge is 0.394 e. The summed E-state index contributed by atoms with van der Waals surface area (Å²) in [5.74, 6) is -0.403. The summed E-state index contributed by atoms with van der Waals surface area (Å²) in [4.78, 5) is 0.259. The lowest BCUT2D eigenvalue weighted by molar-refractivity contribution is 0.210. The lowest BCUT2D eigenvalue weighted by atomic mass is 9.82. The van der Waals surface area contributed by atoms with E-state index in [4.69, 9.17) is 0 Å². The normalized spacial score (nSPS) is 22.8. The van der Waals surface area contributed by atoms with Crippen LogP contribution in [0.25, 0.3) is 11.1 Å². The van der Waals surface area contributed by atoms with Gasteiger partial charge in [0.1, 0.15) is 5.82 Å². The predicted octanol–water partition coefficient (Wildman–Crippen LogP) is 4.34. The maximum Gasteiger partial charge on any atom is 0.243 e. The Labute approximate surface area is 187 Å². The monoisotopic (exact) mass is 452 g/mol. The van der Waals surface area contributed by atoms with E-state index in [-0.39, 0.29) is 29.3 Å². The van der Waals surface area contributed by atoms with Crippen LogP contribution in [0.3, 0.4) is 0 Å². The zero-order chi connectivity index (χ0) is 22.5. The number of anilines is 1. The van der Waals surface area contributed by atoms with Gasteiger partial charge >= 0.3 is 0 Å². The molecule has 7 heteroatoms. The van der Waals surface area contributed by atoms with Crippen LogP contribution in [0.1, 0.15) is 23.6 Å². The number of nitrogens with zero attached hydrogens (tertiary/aromatic N) is 1. The zero-order valence-electron chi connectivity index (χ0n) is 17.7. The van der Waals surface area contributed by atoms with Crippen LogP contribution in [0.5, 0.6) is 0 Å². The molecule has 0 amide bonds. The van der Waals surface area contributed by atoms with E-state index in [9.17, 15) is 17.9 Å². The lowest BCUT2D eigenvalue weighted by Crippen LogP contribution is -2.42. The molecule has 0 unspecified atom stereocenters. The van der Waals surface area contributed by atoms with Crippen LogP contribution >= 0.6 is 0 Å². The molecule has 2 aliphatic heterocycles. The second-order valence-corrected chi connectivity index (χ2v) is 10.4. The highest BCUT2D eigenvalue weighted by atomic mass is 32.2. The maximum atomic E-state index is 14.5. The molecule has 1 fully saturated rings. The molecule has 2 aliphatic rings. The second-order valence-electron chi connectivity index (χ2n) is 8.54. The van der Waals surface area contributed by atoms with Crippen molar-refractivity contribution in [2.45, 2.75) is 30.3 Å². The number of halogens is 1. The first-order valence-corrected chi connectivity index (χ1v) is 12.2. The average molecular weight is 453 g/mol. The maximum absolute atomic E-state index is 14.5. The highest BCUT2D eigenvalue weighted by Gasteiger charge is 2.48. The van der Waals surface area contributed by atoms with Crippen LogP contribution in [-0.4, -0.2) is 37.0 Å². The Morgan fingerprint density at radius 1 is 1.09 bits per heavy atom. The number of benzene rings is 3. The summed E-state index contributed by atoms with van der Waals surface area (Å²) in [6.07, 6.45) is 0.636. The van der Waals surface area contributed by atoms with Crippen LogP contribution in [-0.2, 0) is 10.0 Å². The summed E-state index contributed by atoms with van der Waals surface area (Å²) < 4.78 is 43.2. The summed E-state index contributed by atoms with van der Waals surface area (Å²) in [5, 5.41) is 13.4. The van der Waals surface area contributed by atoms with Crippen molar-refractivity contribution < 1.29 is 17.9 Å². The van der Waals surface area contributed by atoms with Crippen molar-refractivity contribution in [3.63, 3.8) is 0 Å². The molecule has 0 aliphatic carbocycles. The molecule has 166 valence electrons. The van der Waals surface area contributed by atoms with E-state index in [2.05, 4.69) is 5.32 Å². The van der Waals surface area contributed by atoms with Gasteiger partial charge < -0.3 is 10.4 Å². The van der Waals surface area contributed by atoms with Gasteiger partial charge in [-0.05, 0) is 54.8 Å². The summed E-state index contributed by atoms with van der Waals surface area (Å²) in [5.41, 5.74) is 3.75. The Kier molecular flexibility index (Phi) is 5.28.